The van der Waals surface area contributed by atoms with Crippen molar-refractivity contribution in [1.82, 2.24) is 5.32 Å². The number of benzene rings is 2. The molecule has 0 heterocycles. The lowest BCUT2D eigenvalue weighted by Gasteiger charge is -2.16. The summed E-state index contributed by atoms with van der Waals surface area (Å²) in [5, 5.41) is 3.63. The van der Waals surface area contributed by atoms with Gasteiger partial charge < -0.3 is 5.32 Å². The first-order chi connectivity index (χ1) is 9.72. The highest BCUT2D eigenvalue weighted by Gasteiger charge is 2.13. The van der Waals surface area contributed by atoms with Gasteiger partial charge in [-0.05, 0) is 55.4 Å². The zero-order chi connectivity index (χ0) is 13.9. The summed E-state index contributed by atoms with van der Waals surface area (Å²) in [6, 6.07) is 16.2. The van der Waals surface area contributed by atoms with Crippen molar-refractivity contribution in [3.63, 3.8) is 0 Å². The van der Waals surface area contributed by atoms with E-state index in [2.05, 4.69) is 61.6 Å². The number of aryl methyl sites for hydroxylation is 3. The Hall–Kier alpha value is -1.60. The van der Waals surface area contributed by atoms with Crippen LogP contribution in [0.25, 0.3) is 0 Å². The molecule has 0 amide bonds. The smallest absolute Gasteiger partial charge is 0.0295 e. The molecule has 2 aromatic carbocycles. The van der Waals surface area contributed by atoms with Gasteiger partial charge in [-0.3, -0.25) is 0 Å². The predicted molar refractivity (Wildman–Crippen MR) is 84.9 cm³/mol. The van der Waals surface area contributed by atoms with Crippen molar-refractivity contribution in [3.05, 3.63) is 70.3 Å². The minimum atomic E-state index is 0.405. The highest BCUT2D eigenvalue weighted by molar-refractivity contribution is 5.36. The summed E-state index contributed by atoms with van der Waals surface area (Å²) < 4.78 is 0. The number of hydrogen-bond donors (Lipinski definition) is 1. The fourth-order valence-corrected chi connectivity index (χ4v) is 2.96. The van der Waals surface area contributed by atoms with Crippen molar-refractivity contribution >= 4 is 0 Å². The average molecular weight is 265 g/mol. The summed E-state index contributed by atoms with van der Waals surface area (Å²) in [6.45, 7) is 5.31. The van der Waals surface area contributed by atoms with Crippen molar-refractivity contribution in [3.8, 4) is 0 Å². The molecule has 104 valence electrons. The van der Waals surface area contributed by atoms with Crippen molar-refractivity contribution in [2.45, 2.75) is 45.7 Å². The molecule has 1 aliphatic rings. The summed E-state index contributed by atoms with van der Waals surface area (Å²) in [5.74, 6) is 0. The van der Waals surface area contributed by atoms with Crippen molar-refractivity contribution < 1.29 is 0 Å². The first kappa shape index (κ1) is 13.4. The van der Waals surface area contributed by atoms with Gasteiger partial charge in [0.1, 0.15) is 0 Å². The van der Waals surface area contributed by atoms with Crippen LogP contribution < -0.4 is 5.32 Å². The zero-order valence-corrected chi connectivity index (χ0v) is 12.4. The van der Waals surface area contributed by atoms with Crippen LogP contribution in [0.1, 0.15) is 47.2 Å². The van der Waals surface area contributed by atoms with Crippen LogP contribution in [0.5, 0.6) is 0 Å². The standard InChI is InChI=1S/C19H23N/c1-14-6-8-16(9-7-14)13-20-15(2)18-11-10-17-4-3-5-19(17)12-18/h6-12,15,20H,3-5,13H2,1-2H3. The lowest BCUT2D eigenvalue weighted by Crippen LogP contribution is -2.18. The maximum Gasteiger partial charge on any atom is 0.0295 e. The van der Waals surface area contributed by atoms with Gasteiger partial charge in [0, 0.05) is 12.6 Å². The quantitative estimate of drug-likeness (QED) is 0.867. The molecule has 2 aromatic rings. The van der Waals surface area contributed by atoms with E-state index < -0.39 is 0 Å². The van der Waals surface area contributed by atoms with Crippen LogP contribution in [0.3, 0.4) is 0 Å². The highest BCUT2D eigenvalue weighted by atomic mass is 14.9. The SMILES string of the molecule is Cc1ccc(CNC(C)c2ccc3c(c2)CCC3)cc1. The molecule has 0 aliphatic heterocycles. The van der Waals surface area contributed by atoms with E-state index in [4.69, 9.17) is 0 Å². The third kappa shape index (κ3) is 2.94. The molecule has 20 heavy (non-hydrogen) atoms. The molecule has 1 N–H and O–H groups in total. The van der Waals surface area contributed by atoms with Crippen LogP contribution in [0.4, 0.5) is 0 Å². The second-order valence-electron chi connectivity index (χ2n) is 5.97. The van der Waals surface area contributed by atoms with E-state index in [1.165, 1.54) is 36.0 Å². The van der Waals surface area contributed by atoms with E-state index in [1.807, 2.05) is 0 Å². The Kier molecular flexibility index (Phi) is 3.88. The highest BCUT2D eigenvalue weighted by Crippen LogP contribution is 2.25. The van der Waals surface area contributed by atoms with Crippen molar-refractivity contribution in [2.75, 3.05) is 0 Å². The maximum absolute atomic E-state index is 3.63. The Morgan fingerprint density at radius 2 is 1.75 bits per heavy atom. The summed E-state index contributed by atoms with van der Waals surface area (Å²) in [5.41, 5.74) is 7.20. The lowest BCUT2D eigenvalue weighted by molar-refractivity contribution is 0.574. The maximum atomic E-state index is 3.63. The van der Waals surface area contributed by atoms with Crippen LogP contribution in [0, 0.1) is 6.92 Å². The molecule has 1 aliphatic carbocycles. The van der Waals surface area contributed by atoms with E-state index in [1.54, 1.807) is 11.1 Å². The minimum Gasteiger partial charge on any atom is -0.306 e. The van der Waals surface area contributed by atoms with Crippen molar-refractivity contribution in [1.29, 1.82) is 0 Å². The van der Waals surface area contributed by atoms with Crippen LogP contribution in [-0.4, -0.2) is 0 Å². The van der Waals surface area contributed by atoms with E-state index in [0.717, 1.165) is 6.54 Å². The molecule has 1 atom stereocenters. The van der Waals surface area contributed by atoms with Crippen LogP contribution in [-0.2, 0) is 19.4 Å². The molecule has 0 saturated carbocycles. The fraction of sp³-hybridized carbons (Fsp3) is 0.368. The Bertz CT molecular complexity index is 583. The summed E-state index contributed by atoms with van der Waals surface area (Å²) in [4.78, 5) is 0. The van der Waals surface area contributed by atoms with Crippen LogP contribution in [0.15, 0.2) is 42.5 Å². The van der Waals surface area contributed by atoms with Gasteiger partial charge in [0.15, 0.2) is 0 Å². The minimum absolute atomic E-state index is 0.405. The van der Waals surface area contributed by atoms with Crippen LogP contribution >= 0.6 is 0 Å². The monoisotopic (exact) mass is 265 g/mol. The average Bonchev–Trinajstić information content (AvgIpc) is 2.93. The third-order valence-corrected chi connectivity index (χ3v) is 4.36. The number of hydrogen-bond acceptors (Lipinski definition) is 1. The Morgan fingerprint density at radius 3 is 2.55 bits per heavy atom. The van der Waals surface area contributed by atoms with E-state index in [-0.39, 0.29) is 0 Å². The summed E-state index contributed by atoms with van der Waals surface area (Å²) >= 11 is 0. The first-order valence-corrected chi connectivity index (χ1v) is 7.63. The Balaban J connectivity index is 1.64. The molecule has 1 unspecified atom stereocenters. The molecular formula is C19H23N. The topological polar surface area (TPSA) is 12.0 Å². The second kappa shape index (κ2) is 5.80. The first-order valence-electron chi connectivity index (χ1n) is 7.63. The Morgan fingerprint density at radius 1 is 1.00 bits per heavy atom. The van der Waals surface area contributed by atoms with Gasteiger partial charge in [0.2, 0.25) is 0 Å². The van der Waals surface area contributed by atoms with Gasteiger partial charge in [-0.2, -0.15) is 0 Å². The number of nitrogens with one attached hydrogen (secondary N) is 1. The largest absolute Gasteiger partial charge is 0.306 e. The van der Waals surface area contributed by atoms with Gasteiger partial charge in [-0.25, -0.2) is 0 Å². The number of rotatable bonds is 4. The van der Waals surface area contributed by atoms with E-state index in [9.17, 15) is 0 Å². The van der Waals surface area contributed by atoms with E-state index in [0.29, 0.717) is 6.04 Å². The second-order valence-corrected chi connectivity index (χ2v) is 5.97. The Labute approximate surface area is 122 Å². The summed E-state index contributed by atoms with van der Waals surface area (Å²) in [6.07, 6.45) is 3.85. The molecule has 0 spiro atoms. The van der Waals surface area contributed by atoms with Gasteiger partial charge in [0.05, 0.1) is 0 Å². The molecule has 0 saturated heterocycles. The van der Waals surface area contributed by atoms with Gasteiger partial charge in [-0.1, -0.05) is 48.0 Å². The molecule has 1 nitrogen and oxygen atoms in total. The van der Waals surface area contributed by atoms with Gasteiger partial charge in [0.25, 0.3) is 0 Å². The molecular weight excluding hydrogens is 242 g/mol. The molecule has 0 aromatic heterocycles. The predicted octanol–water partition coefficient (Wildman–Crippen LogP) is 4.33. The van der Waals surface area contributed by atoms with Crippen molar-refractivity contribution in [2.24, 2.45) is 0 Å². The number of fused-ring (bicyclic) bond motifs is 1. The third-order valence-electron chi connectivity index (χ3n) is 4.36. The zero-order valence-electron chi connectivity index (χ0n) is 12.4. The molecule has 3 rings (SSSR count). The lowest BCUT2D eigenvalue weighted by atomic mass is 10.0. The summed E-state index contributed by atoms with van der Waals surface area (Å²) in [7, 11) is 0. The molecule has 1 heteroatoms. The van der Waals surface area contributed by atoms with Gasteiger partial charge in [-0.15, -0.1) is 0 Å². The van der Waals surface area contributed by atoms with Crippen LogP contribution in [0.2, 0.25) is 0 Å². The molecule has 0 bridgehead atoms. The van der Waals surface area contributed by atoms with Gasteiger partial charge >= 0.3 is 0 Å². The normalized spacial score (nSPS) is 15.1. The molecule has 0 radical (unpaired) electrons. The fourth-order valence-electron chi connectivity index (χ4n) is 2.96. The molecule has 0 fully saturated rings. The van der Waals surface area contributed by atoms with E-state index >= 15 is 0 Å².